The second-order valence-corrected chi connectivity index (χ2v) is 5.25. The Morgan fingerprint density at radius 3 is 2.50 bits per heavy atom. The van der Waals surface area contributed by atoms with Gasteiger partial charge >= 0.3 is 5.97 Å². The fraction of sp³-hybridized carbons (Fsp3) is 0.818. The largest absolute Gasteiger partial charge is 0.460 e. The second kappa shape index (κ2) is 2.81. The number of Topliss-reactive ketones (excluding diaryl/α,β-unsaturated/α-hetero) is 1. The third kappa shape index (κ3) is 1.56. The Bertz CT molecular complexity index is 287. The van der Waals surface area contributed by atoms with Gasteiger partial charge < -0.3 is 4.74 Å². The van der Waals surface area contributed by atoms with E-state index in [2.05, 4.69) is 0 Å². The number of esters is 1. The van der Waals surface area contributed by atoms with E-state index in [1.165, 1.54) is 0 Å². The lowest BCUT2D eigenvalue weighted by atomic mass is 10.1. The van der Waals surface area contributed by atoms with E-state index in [9.17, 15) is 9.59 Å². The molecule has 0 aromatic heterocycles. The van der Waals surface area contributed by atoms with Gasteiger partial charge in [-0.15, -0.1) is 0 Å². The molecule has 3 heteroatoms. The summed E-state index contributed by atoms with van der Waals surface area (Å²) >= 11 is 0. The van der Waals surface area contributed by atoms with Gasteiger partial charge in [-0.2, -0.15) is 0 Å². The van der Waals surface area contributed by atoms with Crippen LogP contribution in [0.2, 0.25) is 0 Å². The highest BCUT2D eigenvalue weighted by atomic mass is 16.6. The van der Waals surface area contributed by atoms with Crippen LogP contribution in [0.1, 0.15) is 33.6 Å². The second-order valence-electron chi connectivity index (χ2n) is 5.25. The van der Waals surface area contributed by atoms with E-state index in [0.717, 1.165) is 6.42 Å². The van der Waals surface area contributed by atoms with E-state index in [-0.39, 0.29) is 23.6 Å². The normalized spacial score (nSPS) is 35.4. The average Bonchev–Trinajstić information content (AvgIpc) is 2.61. The highest BCUT2D eigenvalue weighted by Crippen LogP contribution is 2.56. The van der Waals surface area contributed by atoms with Crippen LogP contribution < -0.4 is 0 Å². The first-order chi connectivity index (χ1) is 6.40. The van der Waals surface area contributed by atoms with Crippen molar-refractivity contribution in [2.24, 2.45) is 17.8 Å². The van der Waals surface area contributed by atoms with Gasteiger partial charge in [-0.05, 0) is 33.1 Å². The van der Waals surface area contributed by atoms with E-state index in [1.807, 2.05) is 20.8 Å². The highest BCUT2D eigenvalue weighted by Gasteiger charge is 2.62. The van der Waals surface area contributed by atoms with Crippen LogP contribution in [-0.4, -0.2) is 17.4 Å². The summed E-state index contributed by atoms with van der Waals surface area (Å²) in [6.45, 7) is 5.56. The first kappa shape index (κ1) is 9.69. The van der Waals surface area contributed by atoms with Gasteiger partial charge in [0.15, 0.2) is 0 Å². The summed E-state index contributed by atoms with van der Waals surface area (Å²) in [5.41, 5.74) is -0.434. The Balaban J connectivity index is 1.94. The molecule has 78 valence electrons. The van der Waals surface area contributed by atoms with Gasteiger partial charge in [-0.25, -0.2) is 0 Å². The summed E-state index contributed by atoms with van der Waals surface area (Å²) in [4.78, 5) is 22.9. The first-order valence-electron chi connectivity index (χ1n) is 5.16. The van der Waals surface area contributed by atoms with E-state index in [0.29, 0.717) is 12.3 Å². The number of ether oxygens (including phenoxy) is 1. The molecular weight excluding hydrogens is 180 g/mol. The van der Waals surface area contributed by atoms with Crippen molar-refractivity contribution < 1.29 is 14.3 Å². The fourth-order valence-corrected chi connectivity index (χ4v) is 2.34. The SMILES string of the molecule is CC(C)(C)OC(=O)[C@@H]1[C@H]2CCC(=O)[C@H]21. The van der Waals surface area contributed by atoms with E-state index < -0.39 is 5.60 Å². The molecule has 0 N–H and O–H groups in total. The van der Waals surface area contributed by atoms with Gasteiger partial charge in [0.1, 0.15) is 11.4 Å². The van der Waals surface area contributed by atoms with Gasteiger partial charge in [0.05, 0.1) is 5.92 Å². The fourth-order valence-electron chi connectivity index (χ4n) is 2.34. The molecule has 0 spiro atoms. The molecule has 2 fully saturated rings. The van der Waals surface area contributed by atoms with E-state index >= 15 is 0 Å². The average molecular weight is 196 g/mol. The Morgan fingerprint density at radius 1 is 1.43 bits per heavy atom. The number of hydrogen-bond donors (Lipinski definition) is 0. The molecule has 0 radical (unpaired) electrons. The molecule has 2 aliphatic carbocycles. The number of rotatable bonds is 1. The van der Waals surface area contributed by atoms with Crippen molar-refractivity contribution in [3.05, 3.63) is 0 Å². The molecule has 0 aliphatic heterocycles. The zero-order valence-corrected chi connectivity index (χ0v) is 8.87. The van der Waals surface area contributed by atoms with Gasteiger partial charge in [0, 0.05) is 12.3 Å². The minimum Gasteiger partial charge on any atom is -0.460 e. The van der Waals surface area contributed by atoms with E-state index in [1.54, 1.807) is 0 Å². The minimum absolute atomic E-state index is 0.00449. The third-order valence-corrected chi connectivity index (χ3v) is 2.94. The van der Waals surface area contributed by atoms with Crippen molar-refractivity contribution in [2.45, 2.75) is 39.2 Å². The molecule has 0 saturated heterocycles. The lowest BCUT2D eigenvalue weighted by Gasteiger charge is -2.19. The maximum absolute atomic E-state index is 11.6. The molecule has 14 heavy (non-hydrogen) atoms. The molecule has 2 rings (SSSR count). The summed E-state index contributed by atoms with van der Waals surface area (Å²) in [5, 5.41) is 0. The lowest BCUT2D eigenvalue weighted by Crippen LogP contribution is -2.26. The molecule has 0 aromatic rings. The Hall–Kier alpha value is -0.860. The molecule has 3 nitrogen and oxygen atoms in total. The third-order valence-electron chi connectivity index (χ3n) is 2.94. The molecular formula is C11H16O3. The van der Waals surface area contributed by atoms with Crippen LogP contribution in [-0.2, 0) is 14.3 Å². The molecule has 2 saturated carbocycles. The summed E-state index contributed by atoms with van der Waals surface area (Å²) in [6.07, 6.45) is 1.54. The zero-order valence-electron chi connectivity index (χ0n) is 8.87. The summed E-state index contributed by atoms with van der Waals surface area (Å²) < 4.78 is 5.26. The van der Waals surface area contributed by atoms with Gasteiger partial charge in [-0.3, -0.25) is 9.59 Å². The van der Waals surface area contributed by atoms with Crippen molar-refractivity contribution in [3.8, 4) is 0 Å². The molecule has 0 heterocycles. The number of carbonyl (C=O) groups is 2. The quantitative estimate of drug-likeness (QED) is 0.598. The summed E-state index contributed by atoms with van der Waals surface area (Å²) in [6, 6.07) is 0. The van der Waals surface area contributed by atoms with Gasteiger partial charge in [0.25, 0.3) is 0 Å². The van der Waals surface area contributed by atoms with Crippen molar-refractivity contribution >= 4 is 11.8 Å². The maximum Gasteiger partial charge on any atom is 0.310 e. The topological polar surface area (TPSA) is 43.4 Å². The molecule has 0 aromatic carbocycles. The minimum atomic E-state index is -0.434. The van der Waals surface area contributed by atoms with Crippen LogP contribution in [0.25, 0.3) is 0 Å². The first-order valence-corrected chi connectivity index (χ1v) is 5.16. The lowest BCUT2D eigenvalue weighted by molar-refractivity contribution is -0.158. The van der Waals surface area contributed by atoms with E-state index in [4.69, 9.17) is 4.74 Å². The van der Waals surface area contributed by atoms with Crippen LogP contribution in [0, 0.1) is 17.8 Å². The van der Waals surface area contributed by atoms with Gasteiger partial charge in [0.2, 0.25) is 0 Å². The zero-order chi connectivity index (χ0) is 10.5. The maximum atomic E-state index is 11.6. The predicted octanol–water partition coefficient (Wildman–Crippen LogP) is 1.55. The smallest absolute Gasteiger partial charge is 0.310 e. The molecule has 0 bridgehead atoms. The molecule has 0 amide bonds. The van der Waals surface area contributed by atoms with Crippen LogP contribution in [0.5, 0.6) is 0 Å². The Labute approximate surface area is 83.8 Å². The van der Waals surface area contributed by atoms with Crippen molar-refractivity contribution in [1.82, 2.24) is 0 Å². The molecule has 3 atom stereocenters. The standard InChI is InChI=1S/C11H16O3/c1-11(2,3)14-10(13)9-6-4-5-7(12)8(6)9/h6,8-9H,4-5H2,1-3H3/t6-,8-,9+/m0/s1. The van der Waals surface area contributed by atoms with Crippen molar-refractivity contribution in [1.29, 1.82) is 0 Å². The predicted molar refractivity (Wildman–Crippen MR) is 50.6 cm³/mol. The van der Waals surface area contributed by atoms with Crippen LogP contribution >= 0.6 is 0 Å². The number of hydrogen-bond acceptors (Lipinski definition) is 3. The van der Waals surface area contributed by atoms with Crippen molar-refractivity contribution in [3.63, 3.8) is 0 Å². The van der Waals surface area contributed by atoms with Crippen LogP contribution in [0.3, 0.4) is 0 Å². The number of carbonyl (C=O) groups excluding carboxylic acids is 2. The van der Waals surface area contributed by atoms with Crippen LogP contribution in [0.15, 0.2) is 0 Å². The molecule has 0 unspecified atom stereocenters. The summed E-state index contributed by atoms with van der Waals surface area (Å²) in [5.74, 6) is 0.268. The number of ketones is 1. The number of fused-ring (bicyclic) bond motifs is 1. The Kier molecular flexibility index (Phi) is 1.95. The highest BCUT2D eigenvalue weighted by molar-refractivity contribution is 5.94. The van der Waals surface area contributed by atoms with Crippen molar-refractivity contribution in [2.75, 3.05) is 0 Å². The van der Waals surface area contributed by atoms with Crippen LogP contribution in [0.4, 0.5) is 0 Å². The van der Waals surface area contributed by atoms with Gasteiger partial charge in [-0.1, -0.05) is 0 Å². The Morgan fingerprint density at radius 2 is 2.07 bits per heavy atom. The molecule has 2 aliphatic rings. The monoisotopic (exact) mass is 196 g/mol. The summed E-state index contributed by atoms with van der Waals surface area (Å²) in [7, 11) is 0.